The molecule has 2 rings (SSSR count). The van der Waals surface area contributed by atoms with Crippen molar-refractivity contribution >= 4 is 23.5 Å². The molecule has 1 aromatic heterocycles. The van der Waals surface area contributed by atoms with E-state index in [1.807, 2.05) is 0 Å². The Bertz CT molecular complexity index is 808. The van der Waals surface area contributed by atoms with E-state index in [1.54, 1.807) is 0 Å². The lowest BCUT2D eigenvalue weighted by Crippen LogP contribution is -2.61. The number of halogens is 1. The average molecular weight is 456 g/mol. The summed E-state index contributed by atoms with van der Waals surface area (Å²) in [5.41, 5.74) is 0. The van der Waals surface area contributed by atoms with Gasteiger partial charge in [-0.05, 0) is 11.6 Å². The fraction of sp³-hybridized carbons (Fsp3) is 0.688. The zero-order chi connectivity index (χ0) is 22.6. The van der Waals surface area contributed by atoms with Crippen LogP contribution in [0.3, 0.4) is 0 Å². The average Bonchev–Trinajstić information content (AvgIpc) is 2.95. The van der Waals surface area contributed by atoms with Crippen LogP contribution in [0.25, 0.3) is 0 Å². The van der Waals surface area contributed by atoms with Gasteiger partial charge in [-0.25, -0.2) is 9.59 Å². The maximum Gasteiger partial charge on any atom is 0.520 e. The molecular weight excluding hydrogens is 434 g/mol. The molecule has 13 nitrogen and oxygen atoms in total. The first-order chi connectivity index (χ1) is 14.0. The first kappa shape index (κ1) is 24.3. The third kappa shape index (κ3) is 5.78. The van der Waals surface area contributed by atoms with E-state index < -0.39 is 85.2 Å². The van der Waals surface area contributed by atoms with Crippen molar-refractivity contribution in [1.29, 1.82) is 0 Å². The maximum absolute atomic E-state index is 12.4. The molecule has 1 fully saturated rings. The van der Waals surface area contributed by atoms with Crippen molar-refractivity contribution in [2.45, 2.75) is 56.7 Å². The fourth-order valence-corrected chi connectivity index (χ4v) is 3.22. The number of esters is 1. The van der Waals surface area contributed by atoms with Crippen molar-refractivity contribution in [1.82, 2.24) is 5.32 Å². The van der Waals surface area contributed by atoms with Crippen molar-refractivity contribution in [3.63, 3.8) is 0 Å². The normalized spacial score (nSPS) is 28.6. The van der Waals surface area contributed by atoms with Crippen LogP contribution in [0.4, 0.5) is 0 Å². The van der Waals surface area contributed by atoms with Crippen LogP contribution in [0.2, 0.25) is 5.22 Å². The molecule has 0 unspecified atom stereocenters. The van der Waals surface area contributed by atoms with Crippen molar-refractivity contribution in [2.75, 3.05) is 6.61 Å². The monoisotopic (exact) mass is 455 g/mol. The number of hydrogen-bond acceptors (Lipinski definition) is 12. The van der Waals surface area contributed by atoms with Gasteiger partial charge >= 0.3 is 11.8 Å². The van der Waals surface area contributed by atoms with Gasteiger partial charge in [-0.1, -0.05) is 0 Å². The van der Waals surface area contributed by atoms with Gasteiger partial charge in [-0.2, -0.15) is 0 Å². The lowest BCUT2D eigenvalue weighted by molar-refractivity contribution is -0.300. The van der Waals surface area contributed by atoms with Gasteiger partial charge in [0, 0.05) is 19.8 Å². The van der Waals surface area contributed by atoms with E-state index in [9.17, 15) is 34.8 Å². The molecule has 0 aliphatic carbocycles. The predicted octanol–water partition coefficient (Wildman–Crippen LogP) is -2.42. The third-order valence-corrected chi connectivity index (χ3v) is 4.68. The SMILES string of the molecule is CC(=O)N[C@@H](O)[C@@H]1[C@H](C[C@H](O)CO)O[C@](O)(C(=O)OCc2oc(=O)oc2Cl)C[C@@H]1O. The zero-order valence-corrected chi connectivity index (χ0v) is 16.4. The summed E-state index contributed by atoms with van der Waals surface area (Å²) in [5.74, 6) is -7.47. The van der Waals surface area contributed by atoms with E-state index in [1.165, 1.54) is 0 Å². The number of nitrogens with one attached hydrogen (secondary N) is 1. The lowest BCUT2D eigenvalue weighted by Gasteiger charge is -2.44. The predicted molar refractivity (Wildman–Crippen MR) is 93.5 cm³/mol. The van der Waals surface area contributed by atoms with Gasteiger partial charge in [0.1, 0.15) is 6.23 Å². The van der Waals surface area contributed by atoms with Crippen LogP contribution >= 0.6 is 11.6 Å². The number of ether oxygens (including phenoxy) is 2. The number of carbonyl (C=O) groups excluding carboxylic acids is 2. The number of carbonyl (C=O) groups is 2. The molecule has 170 valence electrons. The van der Waals surface area contributed by atoms with Crippen LogP contribution in [-0.4, -0.2) is 74.3 Å². The molecule has 0 radical (unpaired) electrons. The minimum Gasteiger partial charge on any atom is -0.453 e. The Morgan fingerprint density at radius 1 is 1.37 bits per heavy atom. The van der Waals surface area contributed by atoms with Crippen LogP contribution in [0.1, 0.15) is 25.5 Å². The number of rotatable bonds is 8. The molecule has 0 saturated carbocycles. The standard InChI is InChI=1S/C16H22ClNO12/c1-6(20)18-13(23)11-8(22)3-16(26,30-9(11)2-7(21)4-19)14(24)27-5-10-12(17)29-15(25)28-10/h7-9,11,13,19,21-23,26H,2-5H2,1H3,(H,18,20)/t7-,8-,9-,11-,13-,16-/m0/s1. The molecule has 1 aliphatic rings. The van der Waals surface area contributed by atoms with Gasteiger partial charge in [-0.3, -0.25) is 4.79 Å². The Labute approximate surface area is 173 Å². The molecule has 1 saturated heterocycles. The molecule has 6 N–H and O–H groups in total. The Hall–Kier alpha value is -2.00. The summed E-state index contributed by atoms with van der Waals surface area (Å²) in [7, 11) is 0. The number of amides is 1. The first-order valence-electron chi connectivity index (χ1n) is 8.74. The van der Waals surface area contributed by atoms with Gasteiger partial charge in [0.05, 0.1) is 30.8 Å². The quantitative estimate of drug-likeness (QED) is 0.179. The van der Waals surface area contributed by atoms with Crippen LogP contribution in [0, 0.1) is 5.92 Å². The van der Waals surface area contributed by atoms with Crippen molar-refractivity contribution in [3.8, 4) is 0 Å². The summed E-state index contributed by atoms with van der Waals surface area (Å²) in [6.07, 6.45) is -7.18. The van der Waals surface area contributed by atoms with Crippen LogP contribution < -0.4 is 11.1 Å². The molecule has 1 amide bonds. The Balaban J connectivity index is 2.17. The van der Waals surface area contributed by atoms with Gasteiger partial charge in [0.25, 0.3) is 5.79 Å². The van der Waals surface area contributed by atoms with Gasteiger partial charge in [0.15, 0.2) is 6.61 Å². The number of hydrogen-bond donors (Lipinski definition) is 6. The summed E-state index contributed by atoms with van der Waals surface area (Å²) in [4.78, 5) is 34.5. The largest absolute Gasteiger partial charge is 0.520 e. The van der Waals surface area contributed by atoms with Crippen molar-refractivity contribution in [3.05, 3.63) is 21.6 Å². The minimum absolute atomic E-state index is 0.332. The molecule has 14 heteroatoms. The summed E-state index contributed by atoms with van der Waals surface area (Å²) in [6, 6.07) is 0. The molecule has 6 atom stereocenters. The van der Waals surface area contributed by atoms with E-state index in [0.717, 1.165) is 6.92 Å². The van der Waals surface area contributed by atoms with E-state index >= 15 is 0 Å². The third-order valence-electron chi connectivity index (χ3n) is 4.39. The molecule has 2 heterocycles. The van der Waals surface area contributed by atoms with Crippen LogP contribution in [0.5, 0.6) is 0 Å². The summed E-state index contributed by atoms with van der Waals surface area (Å²) < 4.78 is 19.0. The molecular formula is C16H22ClNO12. The summed E-state index contributed by atoms with van der Waals surface area (Å²) in [6.45, 7) is -0.295. The maximum atomic E-state index is 12.4. The fourth-order valence-electron chi connectivity index (χ4n) is 3.06. The highest BCUT2D eigenvalue weighted by Crippen LogP contribution is 2.36. The van der Waals surface area contributed by atoms with Gasteiger partial charge < -0.3 is 49.2 Å². The van der Waals surface area contributed by atoms with E-state index in [0.29, 0.717) is 0 Å². The van der Waals surface area contributed by atoms with Crippen molar-refractivity contribution < 1.29 is 53.4 Å². The second kappa shape index (κ2) is 9.87. The molecule has 30 heavy (non-hydrogen) atoms. The van der Waals surface area contributed by atoms with Crippen molar-refractivity contribution in [2.24, 2.45) is 5.92 Å². The number of aliphatic hydroxyl groups excluding tert-OH is 4. The lowest BCUT2D eigenvalue weighted by atomic mass is 9.83. The molecule has 0 bridgehead atoms. The Kier molecular flexibility index (Phi) is 7.99. The van der Waals surface area contributed by atoms with Gasteiger partial charge in [0.2, 0.25) is 16.9 Å². The van der Waals surface area contributed by atoms with Gasteiger partial charge in [-0.15, -0.1) is 0 Å². The highest BCUT2D eigenvalue weighted by molar-refractivity contribution is 6.29. The Morgan fingerprint density at radius 2 is 2.03 bits per heavy atom. The molecule has 1 aromatic rings. The van der Waals surface area contributed by atoms with E-state index in [4.69, 9.17) is 26.2 Å². The summed E-state index contributed by atoms with van der Waals surface area (Å²) in [5, 5.41) is 51.7. The second-order valence-corrected chi connectivity index (χ2v) is 7.08. The first-order valence-corrected chi connectivity index (χ1v) is 9.12. The smallest absolute Gasteiger partial charge is 0.453 e. The molecule has 1 aliphatic heterocycles. The van der Waals surface area contributed by atoms with E-state index in [-0.39, 0.29) is 5.76 Å². The zero-order valence-electron chi connectivity index (χ0n) is 15.7. The summed E-state index contributed by atoms with van der Waals surface area (Å²) >= 11 is 5.56. The topological polar surface area (TPSA) is 209 Å². The molecule has 0 spiro atoms. The number of aliphatic hydroxyl groups is 5. The highest BCUT2D eigenvalue weighted by Gasteiger charge is 2.53. The Morgan fingerprint density at radius 3 is 2.57 bits per heavy atom. The highest BCUT2D eigenvalue weighted by atomic mass is 35.5. The van der Waals surface area contributed by atoms with E-state index in [2.05, 4.69) is 14.2 Å². The van der Waals surface area contributed by atoms with Crippen LogP contribution in [-0.2, 0) is 25.7 Å². The van der Waals surface area contributed by atoms with Crippen LogP contribution in [0.15, 0.2) is 13.6 Å². The minimum atomic E-state index is -2.72. The second-order valence-electron chi connectivity index (χ2n) is 6.73. The molecule has 0 aromatic carbocycles.